The molecule has 0 fully saturated rings. The molecule has 0 aliphatic heterocycles. The van der Waals surface area contributed by atoms with Gasteiger partial charge in [0.25, 0.3) is 11.8 Å². The second kappa shape index (κ2) is 44.7. The number of carbonyl (C=O) groups excluding carboxylic acids is 6. The van der Waals surface area contributed by atoms with E-state index in [2.05, 4.69) is 31.3 Å². The number of hydrogen-bond acceptors (Lipinski definition) is 16. The highest BCUT2D eigenvalue weighted by atomic mass is 79.9. The van der Waals surface area contributed by atoms with Crippen LogP contribution >= 0.6 is 63.1 Å². The highest BCUT2D eigenvalue weighted by Crippen LogP contribution is 2.33. The molecule has 102 heavy (non-hydrogen) atoms. The van der Waals surface area contributed by atoms with E-state index < -0.39 is 88.5 Å². The summed E-state index contributed by atoms with van der Waals surface area (Å²) in [6, 6.07) is 30.4. The minimum absolute atomic E-state index is 0. The van der Waals surface area contributed by atoms with Crippen LogP contribution in [0.3, 0.4) is 0 Å². The van der Waals surface area contributed by atoms with Crippen LogP contribution in [0.2, 0.25) is 15.1 Å². The standard InChI is InChI=1S/C23H29ClN2O5.C19H21ClN2O4.C16H10ClF5O3.C9H12N2O2.C4H9BrO.ClH/c1-14(2)31-21-9-6-17(11-19(21)24)23(29)26-20(22(25)28)10-16-4-7-18(8-5-16)30-13-15(3)12-27;1-11(2)26-17-8-5-13(10-15(17)20)19(25)22-16(18(21)24)9-12-3-6-14(23)7-4-12;1-6(2)24-9-4-3-7(5-8(9)17)16(23)25-15-13(21)11(19)10(18)12(20)14(15)22;10-8(9(11)13)5-6-1-3-7(12)4-2-6;1-4(2-5)3-6;/h4-9,11,14-15,20,27H,10,12-13H2,1-3H3,(H2,25,28)(H,26,29);3-8,10-11,16,23H,9H2,1-2H3,(H2,21,24)(H,22,25);3-6H,1-2H3;1-4,8,12H,5,10H2,(H2,11,13);4,6H,2-3H2,1H3;1H/t15-,20-;16-;;8-;4-;/m00.01./s1. The number of aliphatic hydroxyl groups is 2. The molecule has 0 aliphatic carbocycles. The van der Waals surface area contributed by atoms with E-state index in [0.717, 1.165) is 34.2 Å². The number of ether oxygens (including phenoxy) is 5. The summed E-state index contributed by atoms with van der Waals surface area (Å²) in [5, 5.41) is 42.4. The summed E-state index contributed by atoms with van der Waals surface area (Å²) in [6.45, 7) is 15.6. The van der Waals surface area contributed by atoms with Crippen molar-refractivity contribution in [2.75, 3.05) is 25.2 Å². The Morgan fingerprint density at radius 2 is 0.814 bits per heavy atom. The van der Waals surface area contributed by atoms with Gasteiger partial charge in [0.15, 0.2) is 0 Å². The third-order valence-corrected chi connectivity index (χ3v) is 15.2. The van der Waals surface area contributed by atoms with E-state index >= 15 is 0 Å². The Balaban J connectivity index is 0.000000461. The summed E-state index contributed by atoms with van der Waals surface area (Å²) in [7, 11) is 0. The van der Waals surface area contributed by atoms with Crippen molar-refractivity contribution >= 4 is 98.6 Å². The summed E-state index contributed by atoms with van der Waals surface area (Å²) >= 11 is 21.5. The molecule has 5 atom stereocenters. The van der Waals surface area contributed by atoms with Crippen molar-refractivity contribution in [1.82, 2.24) is 10.6 Å². The predicted molar refractivity (Wildman–Crippen MR) is 384 cm³/mol. The number of alkyl halides is 1. The number of rotatable bonds is 27. The zero-order valence-electron chi connectivity index (χ0n) is 56.6. The molecule has 0 bridgehead atoms. The molecule has 0 heterocycles. The van der Waals surface area contributed by atoms with Gasteiger partial charge in [0.2, 0.25) is 52.6 Å². The van der Waals surface area contributed by atoms with Gasteiger partial charge in [0.1, 0.15) is 46.6 Å². The van der Waals surface area contributed by atoms with Gasteiger partial charge in [-0.3, -0.25) is 24.0 Å². The summed E-state index contributed by atoms with van der Waals surface area (Å²) in [5.41, 5.74) is 24.1. The molecule has 21 nitrogen and oxygen atoms in total. The largest absolute Gasteiger partial charge is 0.508 e. The van der Waals surface area contributed by atoms with Gasteiger partial charge in [-0.25, -0.2) is 18.0 Å². The fourth-order valence-electron chi connectivity index (χ4n) is 7.87. The third-order valence-electron chi connectivity index (χ3n) is 13.2. The Morgan fingerprint density at radius 3 is 1.13 bits per heavy atom. The molecule has 0 saturated heterocycles. The maximum absolute atomic E-state index is 13.5. The SMILES string of the molecule is CC(C)Oc1ccc(C(=O)N[C@@H](Cc2ccc(O)cc2)C(N)=O)cc1Cl.CC(C)Oc1ccc(C(=O)N[C@@H](Cc2ccc(OC[C@@H](C)CO)cc2)C(N)=O)cc1Cl.CC(C)Oc1ccc(C(=O)Oc2c(F)c(F)c(F)c(F)c2F)cc1Cl.C[C@@H](CO)CBr.Cl.NC(=O)[C@@H](N)Cc1ccc(O)cc1. The maximum atomic E-state index is 13.5. The van der Waals surface area contributed by atoms with Gasteiger partial charge >= 0.3 is 5.97 Å². The van der Waals surface area contributed by atoms with Crippen molar-refractivity contribution in [3.8, 4) is 40.2 Å². The molecule has 0 saturated carbocycles. The number of esters is 1. The predicted octanol–water partition coefficient (Wildman–Crippen LogP) is 11.8. The summed E-state index contributed by atoms with van der Waals surface area (Å²) in [6.07, 6.45) is 0.544. The van der Waals surface area contributed by atoms with Crippen molar-refractivity contribution in [2.24, 2.45) is 34.8 Å². The van der Waals surface area contributed by atoms with Crippen LogP contribution in [-0.2, 0) is 33.6 Å². The number of phenols is 2. The number of halogens is 10. The number of nitrogens with two attached hydrogens (primary N) is 4. The number of hydrogen-bond donors (Lipinski definition) is 10. The monoisotopic (exact) mass is 1570 g/mol. The highest BCUT2D eigenvalue weighted by Gasteiger charge is 2.30. The normalized spacial score (nSPS) is 12.0. The Labute approximate surface area is 616 Å². The molecule has 0 radical (unpaired) electrons. The molecule has 556 valence electrons. The van der Waals surface area contributed by atoms with Gasteiger partial charge < -0.3 is 77.7 Å². The van der Waals surface area contributed by atoms with E-state index in [9.17, 15) is 55.8 Å². The Morgan fingerprint density at radius 1 is 0.480 bits per heavy atom. The summed E-state index contributed by atoms with van der Waals surface area (Å²) < 4.78 is 92.5. The molecule has 7 rings (SSSR count). The molecule has 0 aliphatic rings. The van der Waals surface area contributed by atoms with Crippen LogP contribution < -0.4 is 57.3 Å². The van der Waals surface area contributed by atoms with Gasteiger partial charge in [-0.15, -0.1) is 12.4 Å². The maximum Gasteiger partial charge on any atom is 0.343 e. The van der Waals surface area contributed by atoms with E-state index in [1.807, 2.05) is 41.5 Å². The Bertz CT molecular complexity index is 3840. The lowest BCUT2D eigenvalue weighted by molar-refractivity contribution is -0.120. The fraction of sp³-hybridized carbons (Fsp3) is 0.324. The van der Waals surface area contributed by atoms with Gasteiger partial charge in [0.05, 0.1) is 51.6 Å². The number of phenolic OH excluding ortho intramolecular Hbond substituents is 2. The highest BCUT2D eigenvalue weighted by molar-refractivity contribution is 9.09. The molecule has 31 heteroatoms. The number of primary amides is 3. The van der Waals surface area contributed by atoms with E-state index in [4.69, 9.17) is 92.0 Å². The van der Waals surface area contributed by atoms with Crippen molar-refractivity contribution in [3.05, 3.63) is 205 Å². The van der Waals surface area contributed by atoms with Crippen LogP contribution in [-0.4, -0.2) is 118 Å². The Hall–Kier alpha value is -8.67. The lowest BCUT2D eigenvalue weighted by Gasteiger charge is -2.17. The van der Waals surface area contributed by atoms with Crippen LogP contribution in [0.1, 0.15) is 103 Å². The third kappa shape index (κ3) is 30.9. The molecule has 0 spiro atoms. The Kier molecular flexibility index (Phi) is 39.1. The van der Waals surface area contributed by atoms with Gasteiger partial charge in [-0.05, 0) is 162 Å². The summed E-state index contributed by atoms with van der Waals surface area (Å²) in [5.74, 6) is -14.5. The molecule has 0 aromatic heterocycles. The molecular formula is C71H82BrCl4F5N6O15. The second-order valence-electron chi connectivity index (χ2n) is 23.2. The van der Waals surface area contributed by atoms with Crippen LogP contribution in [0.4, 0.5) is 22.0 Å². The van der Waals surface area contributed by atoms with E-state index in [1.165, 1.54) is 30.3 Å². The van der Waals surface area contributed by atoms with Gasteiger partial charge in [-0.2, -0.15) is 8.78 Å². The number of benzene rings is 7. The van der Waals surface area contributed by atoms with Crippen molar-refractivity contribution in [1.29, 1.82) is 0 Å². The lowest BCUT2D eigenvalue weighted by Crippen LogP contribution is -2.45. The van der Waals surface area contributed by atoms with Crippen LogP contribution in [0.15, 0.2) is 127 Å². The topological polar surface area (TPSA) is 358 Å². The average Bonchev–Trinajstić information content (AvgIpc) is 0.794. The number of carbonyl (C=O) groups is 6. The minimum atomic E-state index is -2.35. The molecule has 14 N–H and O–H groups in total. The van der Waals surface area contributed by atoms with Crippen LogP contribution in [0, 0.1) is 40.9 Å². The quantitative estimate of drug-likeness (QED) is 0.00571. The molecule has 5 amide bonds. The van der Waals surface area contributed by atoms with E-state index in [0.29, 0.717) is 57.4 Å². The zero-order valence-corrected chi connectivity index (χ0v) is 61.3. The molecule has 7 aromatic rings. The van der Waals surface area contributed by atoms with Gasteiger partial charge in [0, 0.05) is 48.4 Å². The molecule has 7 aromatic carbocycles. The first kappa shape index (κ1) is 89.4. The smallest absolute Gasteiger partial charge is 0.343 e. The average molecular weight is 1580 g/mol. The summed E-state index contributed by atoms with van der Waals surface area (Å²) in [4.78, 5) is 71.2. The van der Waals surface area contributed by atoms with E-state index in [-0.39, 0.29) is 90.5 Å². The fourth-order valence-corrected chi connectivity index (χ4v) is 8.75. The van der Waals surface area contributed by atoms with Crippen molar-refractivity contribution in [3.63, 3.8) is 0 Å². The second-order valence-corrected chi connectivity index (χ2v) is 25.1. The van der Waals surface area contributed by atoms with E-state index in [1.54, 1.807) is 98.8 Å². The molecule has 0 unspecified atom stereocenters. The number of amides is 5. The molecular weight excluding hydrogens is 1490 g/mol. The minimum Gasteiger partial charge on any atom is -0.508 e. The van der Waals surface area contributed by atoms with Gasteiger partial charge in [-0.1, -0.05) is 101 Å². The lowest BCUT2D eigenvalue weighted by atomic mass is 10.0. The first-order chi connectivity index (χ1) is 47.5. The number of aromatic hydroxyl groups is 2. The van der Waals surface area contributed by atoms with Crippen LogP contribution in [0.5, 0.6) is 40.2 Å². The number of aliphatic hydroxyl groups excluding tert-OH is 2. The van der Waals surface area contributed by atoms with Crippen molar-refractivity contribution in [2.45, 2.75) is 111 Å². The van der Waals surface area contributed by atoms with Crippen molar-refractivity contribution < 1.29 is 94.8 Å². The first-order valence-electron chi connectivity index (χ1n) is 30.9. The zero-order chi connectivity index (χ0) is 76.0. The first-order valence-corrected chi connectivity index (χ1v) is 33.2. The van der Waals surface area contributed by atoms with Crippen LogP contribution in [0.25, 0.3) is 0 Å². The number of nitrogens with one attached hydrogen (secondary N) is 2.